The van der Waals surface area contributed by atoms with Crippen LogP contribution in [0, 0.1) is 11.8 Å². The smallest absolute Gasteiger partial charge is 0.248 e. The summed E-state index contributed by atoms with van der Waals surface area (Å²) in [5, 5.41) is 21.8. The van der Waals surface area contributed by atoms with Crippen LogP contribution in [0.25, 0.3) is 0 Å². The summed E-state index contributed by atoms with van der Waals surface area (Å²) in [4.78, 5) is 118. The van der Waals surface area contributed by atoms with Crippen LogP contribution in [0.5, 0.6) is 0 Å². The Kier molecular flexibility index (Phi) is 19.5. The second kappa shape index (κ2) is 23.5. The maximum atomic E-state index is 14.6. The van der Waals surface area contributed by atoms with Gasteiger partial charge in [-0.3, -0.25) is 38.4 Å². The summed E-state index contributed by atoms with van der Waals surface area (Å²) in [5.41, 5.74) is -0.132. The summed E-state index contributed by atoms with van der Waals surface area (Å²) in [6, 6.07) is 0.814. The van der Waals surface area contributed by atoms with Crippen molar-refractivity contribution in [2.24, 2.45) is 11.8 Å². The summed E-state index contributed by atoms with van der Waals surface area (Å²) in [5.74, 6) is -6.23. The summed E-state index contributed by atoms with van der Waals surface area (Å²) in [7, 11) is 4.15. The van der Waals surface area contributed by atoms with Gasteiger partial charge in [0.2, 0.25) is 47.3 Å². The van der Waals surface area contributed by atoms with Crippen LogP contribution in [0.4, 0.5) is 0 Å². The van der Waals surface area contributed by atoms with Crippen molar-refractivity contribution >= 4 is 47.3 Å². The first-order valence-corrected chi connectivity index (χ1v) is 22.0. The number of likely N-dealkylation sites (N-methyl/N-ethyl adjacent to an activating group) is 3. The molecule has 18 heteroatoms. The third-order valence-corrected chi connectivity index (χ3v) is 11.3. The fourth-order valence-corrected chi connectivity index (χ4v) is 7.47. The van der Waals surface area contributed by atoms with Gasteiger partial charge in [0.25, 0.3) is 0 Å². The molecule has 2 aliphatic heterocycles. The van der Waals surface area contributed by atoms with Gasteiger partial charge in [-0.2, -0.15) is 0 Å². The van der Waals surface area contributed by atoms with Crippen molar-refractivity contribution in [3.05, 3.63) is 35.9 Å². The maximum absolute atomic E-state index is 14.6. The van der Waals surface area contributed by atoms with Crippen LogP contribution in [0.1, 0.15) is 93.1 Å². The van der Waals surface area contributed by atoms with Crippen LogP contribution in [0.15, 0.2) is 30.3 Å². The van der Waals surface area contributed by atoms with Crippen molar-refractivity contribution in [3.8, 4) is 0 Å². The third kappa shape index (κ3) is 15.6. The number of benzene rings is 1. The number of aliphatic hydroxyl groups excluding tert-OH is 1. The monoisotopic (exact) mass is 885 g/mol. The zero-order valence-corrected chi connectivity index (χ0v) is 39.1. The number of hydrogen-bond donors (Lipinski definition) is 5. The van der Waals surface area contributed by atoms with Crippen molar-refractivity contribution in [3.63, 3.8) is 0 Å². The fourth-order valence-electron chi connectivity index (χ4n) is 7.47. The highest BCUT2D eigenvalue weighted by atomic mass is 16.5. The summed E-state index contributed by atoms with van der Waals surface area (Å²) < 4.78 is 6.00. The second-order valence-corrected chi connectivity index (χ2v) is 18.7. The summed E-state index contributed by atoms with van der Waals surface area (Å²) in [6.45, 7) is 13.7. The van der Waals surface area contributed by atoms with Gasteiger partial charge in [0.1, 0.15) is 36.3 Å². The largest absolute Gasteiger partial charge is 0.391 e. The Labute approximate surface area is 372 Å². The quantitative estimate of drug-likeness (QED) is 0.232. The zero-order valence-electron chi connectivity index (χ0n) is 39.1. The van der Waals surface area contributed by atoms with Gasteiger partial charge in [-0.15, -0.1) is 0 Å². The first-order chi connectivity index (χ1) is 29.4. The molecule has 5 N–H and O–H groups in total. The van der Waals surface area contributed by atoms with E-state index in [1.165, 1.54) is 33.0 Å². The minimum Gasteiger partial charge on any atom is -0.391 e. The lowest BCUT2D eigenvalue weighted by Crippen LogP contribution is -2.63. The lowest BCUT2D eigenvalue weighted by molar-refractivity contribution is -0.148. The van der Waals surface area contributed by atoms with Crippen molar-refractivity contribution < 1.29 is 48.2 Å². The van der Waals surface area contributed by atoms with Gasteiger partial charge in [-0.25, -0.2) is 0 Å². The first-order valence-electron chi connectivity index (χ1n) is 22.0. The molecule has 352 valence electrons. The molecule has 18 nitrogen and oxygen atoms in total. The van der Waals surface area contributed by atoms with E-state index in [0.717, 1.165) is 29.1 Å². The minimum absolute atomic E-state index is 0.0451. The number of likely N-dealkylation sites (tertiary alicyclic amines) is 1. The molecule has 2 fully saturated rings. The van der Waals surface area contributed by atoms with E-state index in [9.17, 15) is 43.5 Å². The van der Waals surface area contributed by atoms with Gasteiger partial charge in [0.05, 0.1) is 31.3 Å². The number of rotatable bonds is 9. The first kappa shape index (κ1) is 52.2. The van der Waals surface area contributed by atoms with Gasteiger partial charge in [0, 0.05) is 40.7 Å². The van der Waals surface area contributed by atoms with Gasteiger partial charge in [-0.1, -0.05) is 58.0 Å². The lowest BCUT2D eigenvalue weighted by atomic mass is 9.99. The molecule has 2 unspecified atom stereocenters. The molecule has 3 rings (SSSR count). The number of nitrogens with one attached hydrogen (secondary N) is 4. The SMILES string of the molecule is CC(C)C[C@H]1C(=O)N[C@@H](C(C)O)C(=O)N(C)[C@@H](Cc2ccccc2)C(=O)N[C@@H](COC(C)(C)C)C(=O)NC(C(=O)N2CCCCC2)CC(=O)N[C@@H](C(C)C)C(=O)N(C)CC(=O)N1C. The highest BCUT2D eigenvalue weighted by Crippen LogP contribution is 2.18. The normalized spacial score (nSPS) is 25.5. The van der Waals surface area contributed by atoms with Crippen LogP contribution in [-0.2, 0) is 49.5 Å². The molecule has 0 bridgehead atoms. The molecular weight excluding hydrogens is 813 g/mol. The molecule has 2 aliphatic rings. The van der Waals surface area contributed by atoms with E-state index in [1.54, 1.807) is 69.9 Å². The van der Waals surface area contributed by atoms with Crippen molar-refractivity contribution in [1.29, 1.82) is 0 Å². The van der Waals surface area contributed by atoms with E-state index < -0.39 is 114 Å². The molecule has 1 aromatic carbocycles. The van der Waals surface area contributed by atoms with Gasteiger partial charge < -0.3 is 50.7 Å². The lowest BCUT2D eigenvalue weighted by Gasteiger charge is -2.35. The zero-order chi connectivity index (χ0) is 47.3. The Bertz CT molecular complexity index is 1760. The molecule has 0 radical (unpaired) electrons. The van der Waals surface area contributed by atoms with Crippen LogP contribution in [0.3, 0.4) is 0 Å². The Morgan fingerprint density at radius 3 is 1.92 bits per heavy atom. The van der Waals surface area contributed by atoms with Crippen molar-refractivity contribution in [1.82, 2.24) is 40.9 Å². The number of carbonyl (C=O) groups is 8. The van der Waals surface area contributed by atoms with Crippen LogP contribution >= 0.6 is 0 Å². The van der Waals surface area contributed by atoms with Crippen LogP contribution < -0.4 is 21.3 Å². The van der Waals surface area contributed by atoms with Gasteiger partial charge in [-0.05, 0) is 70.8 Å². The Balaban J connectivity index is 2.21. The number of aliphatic hydroxyl groups is 1. The molecule has 63 heavy (non-hydrogen) atoms. The predicted octanol–water partition coefficient (Wildman–Crippen LogP) is 0.595. The molecule has 0 spiro atoms. The maximum Gasteiger partial charge on any atom is 0.248 e. The van der Waals surface area contributed by atoms with E-state index in [4.69, 9.17) is 4.74 Å². The van der Waals surface area contributed by atoms with Gasteiger partial charge >= 0.3 is 0 Å². The summed E-state index contributed by atoms with van der Waals surface area (Å²) >= 11 is 0. The van der Waals surface area contributed by atoms with E-state index in [-0.39, 0.29) is 25.4 Å². The Morgan fingerprint density at radius 1 is 0.762 bits per heavy atom. The molecule has 7 atom stereocenters. The average Bonchev–Trinajstić information content (AvgIpc) is 3.22. The number of ether oxygens (including phenoxy) is 1. The van der Waals surface area contributed by atoms with E-state index in [1.807, 2.05) is 13.8 Å². The number of nitrogens with zero attached hydrogens (tertiary/aromatic N) is 4. The van der Waals surface area contributed by atoms with Crippen molar-refractivity contribution in [2.45, 2.75) is 142 Å². The topological polar surface area (TPSA) is 227 Å². The predicted molar refractivity (Wildman–Crippen MR) is 235 cm³/mol. The minimum atomic E-state index is -1.57. The van der Waals surface area contributed by atoms with E-state index in [2.05, 4.69) is 21.3 Å². The molecule has 0 aliphatic carbocycles. The van der Waals surface area contributed by atoms with Crippen LogP contribution in [-0.4, -0.2) is 167 Å². The molecule has 2 heterocycles. The average molecular weight is 885 g/mol. The molecule has 1 aromatic rings. The molecule has 2 saturated heterocycles. The second-order valence-electron chi connectivity index (χ2n) is 18.7. The fraction of sp³-hybridized carbons (Fsp3) is 0.689. The van der Waals surface area contributed by atoms with Crippen LogP contribution in [0.2, 0.25) is 0 Å². The standard InChI is InChI=1S/C45H72N8O10/c1-27(2)22-33-41(59)49-38(29(5)54)44(62)52(11)34(23-30-18-14-12-15-19-30)40(58)47-32(26-63-45(6,7)8)39(57)46-31(42(60)53-20-16-13-17-21-53)24-35(55)48-37(28(3)4)43(61)50(9)25-36(56)51(33)10/h12,14-15,18-19,27-29,31-34,37-38,54H,13,16-17,20-26H2,1-11H3,(H,46,57)(H,47,58)(H,48,55)(H,49,59)/t29?,31?,32-,33-,34-,37-,38-/m0/s1. The Morgan fingerprint density at radius 2 is 1.37 bits per heavy atom. The number of piperidine rings is 1. The Hall–Kier alpha value is -5.10. The van der Waals surface area contributed by atoms with E-state index in [0.29, 0.717) is 18.7 Å². The number of amides is 8. The highest BCUT2D eigenvalue weighted by Gasteiger charge is 2.40. The molecule has 0 saturated carbocycles. The summed E-state index contributed by atoms with van der Waals surface area (Å²) in [6.07, 6.45) is 0.467. The number of hydrogen-bond acceptors (Lipinski definition) is 10. The molecule has 0 aromatic heterocycles. The molecular formula is C45H72N8O10. The number of carbonyl (C=O) groups excluding carboxylic acids is 8. The van der Waals surface area contributed by atoms with E-state index >= 15 is 0 Å². The molecule has 8 amide bonds. The highest BCUT2D eigenvalue weighted by molar-refractivity contribution is 5.98. The third-order valence-electron chi connectivity index (χ3n) is 11.3. The van der Waals surface area contributed by atoms with Gasteiger partial charge in [0.15, 0.2) is 0 Å². The van der Waals surface area contributed by atoms with Crippen molar-refractivity contribution in [2.75, 3.05) is 47.4 Å².